The molecule has 0 amide bonds. The van der Waals surface area contributed by atoms with Crippen LogP contribution >= 0.6 is 0 Å². The Hall–Kier alpha value is -2.13. The third-order valence-electron chi connectivity index (χ3n) is 3.61. The Morgan fingerprint density at radius 3 is 3.00 bits per heavy atom. The van der Waals surface area contributed by atoms with Crippen LogP contribution in [0.4, 0.5) is 0 Å². The van der Waals surface area contributed by atoms with Gasteiger partial charge in [-0.15, -0.1) is 0 Å². The summed E-state index contributed by atoms with van der Waals surface area (Å²) in [6.07, 6.45) is 4.86. The summed E-state index contributed by atoms with van der Waals surface area (Å²) in [5.41, 5.74) is 4.95. The highest BCUT2D eigenvalue weighted by Gasteiger charge is 2.02. The molecule has 0 saturated heterocycles. The lowest BCUT2D eigenvalue weighted by Crippen LogP contribution is -2.15. The molecule has 0 radical (unpaired) electrons. The molecule has 0 spiro atoms. The number of hydrogen-bond donors (Lipinski definition) is 2. The Kier molecular flexibility index (Phi) is 3.79. The highest BCUT2D eigenvalue weighted by Crippen LogP contribution is 2.14. The molecule has 0 aliphatic carbocycles. The summed E-state index contributed by atoms with van der Waals surface area (Å²) in [6.45, 7) is 3.83. The molecule has 0 fully saturated rings. The van der Waals surface area contributed by atoms with E-state index in [2.05, 4.69) is 52.5 Å². The van der Waals surface area contributed by atoms with Crippen molar-refractivity contribution >= 4 is 10.9 Å². The number of aryl methyl sites for hydroxylation is 1. The lowest BCUT2D eigenvalue weighted by atomic mass is 10.1. The first-order chi connectivity index (χ1) is 9.86. The SMILES string of the molecule is CCc1cccnc1CNCc1ccc2cc[nH]c2c1. The summed E-state index contributed by atoms with van der Waals surface area (Å²) in [5.74, 6) is 0. The highest BCUT2D eigenvalue weighted by atomic mass is 14.9. The summed E-state index contributed by atoms with van der Waals surface area (Å²) in [6, 6.07) is 12.8. The van der Waals surface area contributed by atoms with E-state index in [-0.39, 0.29) is 0 Å². The van der Waals surface area contributed by atoms with Crippen molar-refractivity contribution in [3.05, 3.63) is 65.6 Å². The van der Waals surface area contributed by atoms with Crippen LogP contribution in [0.15, 0.2) is 48.8 Å². The first-order valence-electron chi connectivity index (χ1n) is 7.06. The fourth-order valence-electron chi connectivity index (χ4n) is 2.48. The van der Waals surface area contributed by atoms with Crippen molar-refractivity contribution in [3.8, 4) is 0 Å². The van der Waals surface area contributed by atoms with Crippen molar-refractivity contribution in [2.75, 3.05) is 0 Å². The van der Waals surface area contributed by atoms with Gasteiger partial charge >= 0.3 is 0 Å². The summed E-state index contributed by atoms with van der Waals surface area (Å²) < 4.78 is 0. The number of H-pyrrole nitrogens is 1. The third kappa shape index (κ3) is 2.73. The van der Waals surface area contributed by atoms with Gasteiger partial charge in [-0.2, -0.15) is 0 Å². The van der Waals surface area contributed by atoms with E-state index in [1.54, 1.807) is 0 Å². The Balaban J connectivity index is 1.64. The second-order valence-electron chi connectivity index (χ2n) is 4.97. The average Bonchev–Trinajstić information content (AvgIpc) is 2.95. The molecule has 2 aromatic heterocycles. The molecule has 0 unspecified atom stereocenters. The van der Waals surface area contributed by atoms with E-state index in [1.165, 1.54) is 22.0 Å². The second-order valence-corrected chi connectivity index (χ2v) is 4.97. The van der Waals surface area contributed by atoms with Gasteiger partial charge in [0.05, 0.1) is 5.69 Å². The molecule has 0 bridgehead atoms. The van der Waals surface area contributed by atoms with E-state index in [0.717, 1.165) is 25.2 Å². The smallest absolute Gasteiger partial charge is 0.0573 e. The summed E-state index contributed by atoms with van der Waals surface area (Å²) >= 11 is 0. The predicted molar refractivity (Wildman–Crippen MR) is 82.5 cm³/mol. The monoisotopic (exact) mass is 265 g/mol. The molecule has 0 atom stereocenters. The maximum Gasteiger partial charge on any atom is 0.0573 e. The van der Waals surface area contributed by atoms with E-state index in [1.807, 2.05) is 18.5 Å². The van der Waals surface area contributed by atoms with Crippen LogP contribution in [0, 0.1) is 0 Å². The average molecular weight is 265 g/mol. The number of aromatic amines is 1. The van der Waals surface area contributed by atoms with E-state index >= 15 is 0 Å². The standard InChI is InChI=1S/C17H19N3/c1-2-14-4-3-8-19-17(14)12-18-11-13-5-6-15-7-9-20-16(15)10-13/h3-10,18,20H,2,11-12H2,1H3. The molecule has 3 nitrogen and oxygen atoms in total. The van der Waals surface area contributed by atoms with E-state index in [4.69, 9.17) is 0 Å². The Bertz CT molecular complexity index is 700. The molecule has 0 aliphatic rings. The summed E-state index contributed by atoms with van der Waals surface area (Å²) in [4.78, 5) is 7.70. The fourth-order valence-corrected chi connectivity index (χ4v) is 2.48. The van der Waals surface area contributed by atoms with Crippen LogP contribution in [-0.4, -0.2) is 9.97 Å². The first kappa shape index (κ1) is 12.9. The van der Waals surface area contributed by atoms with Crippen molar-refractivity contribution in [1.29, 1.82) is 0 Å². The number of fused-ring (bicyclic) bond motifs is 1. The highest BCUT2D eigenvalue weighted by molar-refractivity contribution is 5.79. The maximum absolute atomic E-state index is 4.45. The molecule has 102 valence electrons. The molecule has 3 heteroatoms. The van der Waals surface area contributed by atoms with Crippen LogP contribution in [0.2, 0.25) is 0 Å². The van der Waals surface area contributed by atoms with E-state index in [0.29, 0.717) is 0 Å². The van der Waals surface area contributed by atoms with Crippen LogP contribution in [-0.2, 0) is 19.5 Å². The largest absolute Gasteiger partial charge is 0.361 e. The van der Waals surface area contributed by atoms with E-state index < -0.39 is 0 Å². The van der Waals surface area contributed by atoms with Crippen LogP contribution in [0.3, 0.4) is 0 Å². The van der Waals surface area contributed by atoms with Gasteiger partial charge in [-0.1, -0.05) is 25.1 Å². The number of aromatic nitrogens is 2. The minimum absolute atomic E-state index is 0.812. The Morgan fingerprint density at radius 2 is 2.10 bits per heavy atom. The molecule has 0 aliphatic heterocycles. The maximum atomic E-state index is 4.45. The molecular weight excluding hydrogens is 246 g/mol. The second kappa shape index (κ2) is 5.88. The molecule has 1 aromatic carbocycles. The zero-order chi connectivity index (χ0) is 13.8. The summed E-state index contributed by atoms with van der Waals surface area (Å²) in [5, 5.41) is 4.73. The van der Waals surface area contributed by atoms with Crippen molar-refractivity contribution < 1.29 is 0 Å². The zero-order valence-corrected chi connectivity index (χ0v) is 11.7. The number of nitrogens with zero attached hydrogens (tertiary/aromatic N) is 1. The number of nitrogens with one attached hydrogen (secondary N) is 2. The summed E-state index contributed by atoms with van der Waals surface area (Å²) in [7, 11) is 0. The van der Waals surface area contributed by atoms with Crippen LogP contribution in [0.5, 0.6) is 0 Å². The van der Waals surface area contributed by atoms with Gasteiger partial charge in [-0.25, -0.2) is 0 Å². The van der Waals surface area contributed by atoms with Gasteiger partial charge in [-0.05, 0) is 41.1 Å². The van der Waals surface area contributed by atoms with Gasteiger partial charge in [-0.3, -0.25) is 4.98 Å². The lowest BCUT2D eigenvalue weighted by Gasteiger charge is -2.08. The van der Waals surface area contributed by atoms with Crippen LogP contribution in [0.25, 0.3) is 10.9 Å². The zero-order valence-electron chi connectivity index (χ0n) is 11.7. The third-order valence-corrected chi connectivity index (χ3v) is 3.61. The minimum Gasteiger partial charge on any atom is -0.361 e. The van der Waals surface area contributed by atoms with Crippen molar-refractivity contribution in [2.24, 2.45) is 0 Å². The molecule has 20 heavy (non-hydrogen) atoms. The number of pyridine rings is 1. The normalized spacial score (nSPS) is 11.1. The topological polar surface area (TPSA) is 40.7 Å². The van der Waals surface area contributed by atoms with Crippen molar-refractivity contribution in [2.45, 2.75) is 26.4 Å². The molecule has 3 rings (SSSR count). The van der Waals surface area contributed by atoms with Crippen molar-refractivity contribution in [1.82, 2.24) is 15.3 Å². The lowest BCUT2D eigenvalue weighted by molar-refractivity contribution is 0.674. The van der Waals surface area contributed by atoms with Gasteiger partial charge < -0.3 is 10.3 Å². The van der Waals surface area contributed by atoms with Crippen LogP contribution < -0.4 is 5.32 Å². The number of rotatable bonds is 5. The van der Waals surface area contributed by atoms with Gasteiger partial charge in [0.15, 0.2) is 0 Å². The fraction of sp³-hybridized carbons (Fsp3) is 0.235. The predicted octanol–water partition coefficient (Wildman–Crippen LogP) is 3.42. The molecule has 2 heterocycles. The number of hydrogen-bond acceptors (Lipinski definition) is 2. The van der Waals surface area contributed by atoms with E-state index in [9.17, 15) is 0 Å². The molecule has 0 saturated carbocycles. The Morgan fingerprint density at radius 1 is 1.15 bits per heavy atom. The van der Waals surface area contributed by atoms with Gasteiger partial charge in [0.2, 0.25) is 0 Å². The Labute approximate surface area is 119 Å². The number of benzene rings is 1. The van der Waals surface area contributed by atoms with Crippen molar-refractivity contribution in [3.63, 3.8) is 0 Å². The van der Waals surface area contributed by atoms with Crippen LogP contribution in [0.1, 0.15) is 23.7 Å². The minimum atomic E-state index is 0.812. The van der Waals surface area contributed by atoms with Gasteiger partial charge in [0.25, 0.3) is 0 Å². The van der Waals surface area contributed by atoms with Gasteiger partial charge in [0, 0.05) is 31.0 Å². The quantitative estimate of drug-likeness (QED) is 0.742. The first-order valence-corrected chi connectivity index (χ1v) is 7.06. The van der Waals surface area contributed by atoms with Gasteiger partial charge in [0.1, 0.15) is 0 Å². The molecule has 3 aromatic rings. The molecular formula is C17H19N3. The molecule has 2 N–H and O–H groups in total.